The van der Waals surface area contributed by atoms with E-state index in [1.54, 1.807) is 6.92 Å². The first-order valence-corrected chi connectivity index (χ1v) is 11.6. The molecule has 0 radical (unpaired) electrons. The maximum absolute atomic E-state index is 13.3. The Kier molecular flexibility index (Phi) is 8.03. The molecule has 6 heteroatoms. The van der Waals surface area contributed by atoms with Crippen LogP contribution in [0.5, 0.6) is 0 Å². The second-order valence-corrected chi connectivity index (χ2v) is 8.43. The van der Waals surface area contributed by atoms with E-state index in [2.05, 4.69) is 17.7 Å². The lowest BCUT2D eigenvalue weighted by atomic mass is 9.92. The molecule has 32 heavy (non-hydrogen) atoms. The number of para-hydroxylation sites is 1. The monoisotopic (exact) mass is 435 g/mol. The van der Waals surface area contributed by atoms with Crippen LogP contribution in [0.25, 0.3) is 11.1 Å². The summed E-state index contributed by atoms with van der Waals surface area (Å²) in [6, 6.07) is 14.6. The van der Waals surface area contributed by atoms with Crippen molar-refractivity contribution >= 4 is 23.4 Å². The predicted octanol–water partition coefficient (Wildman–Crippen LogP) is 4.70. The summed E-state index contributed by atoms with van der Waals surface area (Å²) < 4.78 is 0. The molecule has 1 unspecified atom stereocenters. The predicted molar refractivity (Wildman–Crippen MR) is 127 cm³/mol. The summed E-state index contributed by atoms with van der Waals surface area (Å²) in [4.78, 5) is 38.4. The number of hydrogen-bond donors (Lipinski definition) is 2. The third-order valence-corrected chi connectivity index (χ3v) is 5.95. The number of unbranched alkanes of at least 4 members (excludes halogenated alkanes) is 4. The zero-order valence-corrected chi connectivity index (χ0v) is 19.2. The third-order valence-electron chi connectivity index (χ3n) is 5.95. The quantitative estimate of drug-likeness (QED) is 0.561. The van der Waals surface area contributed by atoms with Crippen LogP contribution in [0, 0.1) is 0 Å². The Bertz CT molecular complexity index is 972. The largest absolute Gasteiger partial charge is 0.345 e. The summed E-state index contributed by atoms with van der Waals surface area (Å²) >= 11 is 0. The van der Waals surface area contributed by atoms with Gasteiger partial charge < -0.3 is 5.32 Å². The van der Waals surface area contributed by atoms with Gasteiger partial charge >= 0.3 is 0 Å². The Morgan fingerprint density at radius 3 is 2.38 bits per heavy atom. The van der Waals surface area contributed by atoms with Gasteiger partial charge in [0.25, 0.3) is 11.8 Å². The summed E-state index contributed by atoms with van der Waals surface area (Å²) in [5.41, 5.74) is 6.15. The number of amides is 3. The van der Waals surface area contributed by atoms with Gasteiger partial charge in [-0.2, -0.15) is 0 Å². The molecule has 0 spiro atoms. The first-order chi connectivity index (χ1) is 15.4. The fraction of sp³-hybridized carbons (Fsp3) is 0.423. The van der Waals surface area contributed by atoms with Crippen molar-refractivity contribution in [2.24, 2.45) is 0 Å². The van der Waals surface area contributed by atoms with E-state index < -0.39 is 17.9 Å². The molecule has 2 N–H and O–H groups in total. The van der Waals surface area contributed by atoms with Crippen LogP contribution in [0.2, 0.25) is 0 Å². The Labute approximate surface area is 190 Å². The number of fused-ring (bicyclic) bond motifs is 3. The summed E-state index contributed by atoms with van der Waals surface area (Å²) in [5, 5.41) is 4.08. The van der Waals surface area contributed by atoms with Crippen molar-refractivity contribution in [2.45, 2.75) is 71.3 Å². The molecular formula is C26H33N3O3. The van der Waals surface area contributed by atoms with Crippen LogP contribution in [-0.2, 0) is 14.4 Å². The number of hydrazine groups is 1. The highest BCUT2D eigenvalue weighted by atomic mass is 16.2. The molecule has 0 fully saturated rings. The molecule has 2 atom stereocenters. The average molecular weight is 436 g/mol. The van der Waals surface area contributed by atoms with Gasteiger partial charge in [0, 0.05) is 12.0 Å². The fourth-order valence-corrected chi connectivity index (χ4v) is 4.05. The first kappa shape index (κ1) is 23.5. The van der Waals surface area contributed by atoms with Crippen molar-refractivity contribution in [3.63, 3.8) is 0 Å². The van der Waals surface area contributed by atoms with Crippen molar-refractivity contribution in [1.82, 2.24) is 10.7 Å². The smallest absolute Gasteiger partial charge is 0.261 e. The van der Waals surface area contributed by atoms with E-state index in [1.807, 2.05) is 55.5 Å². The zero-order chi connectivity index (χ0) is 23.1. The van der Waals surface area contributed by atoms with Crippen LogP contribution in [0.3, 0.4) is 0 Å². The molecule has 1 aliphatic rings. The molecule has 0 saturated carbocycles. The minimum absolute atomic E-state index is 0.146. The minimum atomic E-state index is -0.751. The van der Waals surface area contributed by atoms with Gasteiger partial charge in [-0.15, -0.1) is 0 Å². The van der Waals surface area contributed by atoms with Gasteiger partial charge in [0.15, 0.2) is 0 Å². The van der Waals surface area contributed by atoms with Gasteiger partial charge in [-0.3, -0.25) is 19.8 Å². The average Bonchev–Trinajstić information content (AvgIpc) is 2.89. The maximum atomic E-state index is 13.3. The highest BCUT2D eigenvalue weighted by Gasteiger charge is 2.33. The number of carbonyl (C=O) groups excluding carboxylic acids is 3. The number of nitrogens with one attached hydrogen (secondary N) is 2. The molecule has 1 aliphatic heterocycles. The molecule has 0 saturated heterocycles. The van der Waals surface area contributed by atoms with Gasteiger partial charge in [-0.05, 0) is 37.5 Å². The van der Waals surface area contributed by atoms with E-state index >= 15 is 0 Å². The van der Waals surface area contributed by atoms with Crippen LogP contribution in [0.1, 0.15) is 70.8 Å². The highest BCUT2D eigenvalue weighted by Crippen LogP contribution is 2.39. The SMILES string of the molecule is CCCCCCCC(=O)N[C@@H](C)C(=O)NN1C(=O)C(C)c2ccccc2-c2ccccc21. The lowest BCUT2D eigenvalue weighted by Gasteiger charge is -2.27. The maximum Gasteiger partial charge on any atom is 0.261 e. The molecule has 0 bridgehead atoms. The van der Waals surface area contributed by atoms with E-state index in [9.17, 15) is 14.4 Å². The van der Waals surface area contributed by atoms with E-state index in [0.29, 0.717) is 12.1 Å². The van der Waals surface area contributed by atoms with Crippen molar-refractivity contribution < 1.29 is 14.4 Å². The number of hydrogen-bond acceptors (Lipinski definition) is 3. The first-order valence-electron chi connectivity index (χ1n) is 11.6. The molecule has 170 valence electrons. The second-order valence-electron chi connectivity index (χ2n) is 8.43. The zero-order valence-electron chi connectivity index (χ0n) is 19.2. The molecule has 3 amide bonds. The fourth-order valence-electron chi connectivity index (χ4n) is 4.05. The number of rotatable bonds is 9. The second kappa shape index (κ2) is 10.9. The summed E-state index contributed by atoms with van der Waals surface area (Å²) in [7, 11) is 0. The number of benzene rings is 2. The lowest BCUT2D eigenvalue weighted by molar-refractivity contribution is -0.130. The number of nitrogens with zero attached hydrogens (tertiary/aromatic N) is 1. The minimum Gasteiger partial charge on any atom is -0.345 e. The van der Waals surface area contributed by atoms with Crippen LogP contribution < -0.4 is 15.8 Å². The molecule has 2 aromatic rings. The van der Waals surface area contributed by atoms with E-state index in [4.69, 9.17) is 0 Å². The standard InChI is InChI=1S/C26H33N3O3/c1-4-5-6-7-8-17-24(30)27-19(3)25(31)28-29-23-16-12-11-15-22(23)21-14-10-9-13-20(21)18(2)26(29)32/h9-16,18-19H,4-8,17H2,1-3H3,(H,27,30)(H,28,31)/t18?,19-/m0/s1. The van der Waals surface area contributed by atoms with E-state index in [0.717, 1.165) is 42.4 Å². The molecule has 1 heterocycles. The van der Waals surface area contributed by atoms with Crippen LogP contribution in [0.4, 0.5) is 5.69 Å². The van der Waals surface area contributed by atoms with Gasteiger partial charge in [0.1, 0.15) is 6.04 Å². The van der Waals surface area contributed by atoms with Gasteiger partial charge in [0.2, 0.25) is 5.91 Å². The molecule has 3 rings (SSSR count). The summed E-state index contributed by atoms with van der Waals surface area (Å²) in [6.07, 6.45) is 5.68. The summed E-state index contributed by atoms with van der Waals surface area (Å²) in [5.74, 6) is -1.21. The normalized spacial score (nSPS) is 15.9. The lowest BCUT2D eigenvalue weighted by Crippen LogP contribution is -2.54. The Morgan fingerprint density at radius 1 is 0.969 bits per heavy atom. The number of carbonyl (C=O) groups is 3. The van der Waals surface area contributed by atoms with Gasteiger partial charge in [-0.1, -0.05) is 75.1 Å². The summed E-state index contributed by atoms with van der Waals surface area (Å²) in [6.45, 7) is 5.63. The van der Waals surface area contributed by atoms with Gasteiger partial charge in [0.05, 0.1) is 11.6 Å². The van der Waals surface area contributed by atoms with E-state index in [1.165, 1.54) is 11.4 Å². The molecule has 2 aromatic carbocycles. The van der Waals surface area contributed by atoms with Gasteiger partial charge in [-0.25, -0.2) is 5.01 Å². The Morgan fingerprint density at radius 2 is 1.62 bits per heavy atom. The molecular weight excluding hydrogens is 402 g/mol. The van der Waals surface area contributed by atoms with Crippen LogP contribution in [-0.4, -0.2) is 23.8 Å². The van der Waals surface area contributed by atoms with Crippen LogP contribution in [0.15, 0.2) is 48.5 Å². The Hall–Kier alpha value is -3.15. The van der Waals surface area contributed by atoms with E-state index in [-0.39, 0.29) is 11.8 Å². The Balaban J connectivity index is 1.70. The van der Waals surface area contributed by atoms with Crippen molar-refractivity contribution in [2.75, 3.05) is 5.01 Å². The van der Waals surface area contributed by atoms with Crippen molar-refractivity contribution in [3.05, 3.63) is 54.1 Å². The number of anilines is 1. The molecule has 0 aromatic heterocycles. The highest BCUT2D eigenvalue weighted by molar-refractivity contribution is 6.06. The molecule has 0 aliphatic carbocycles. The van der Waals surface area contributed by atoms with Crippen molar-refractivity contribution in [3.8, 4) is 11.1 Å². The topological polar surface area (TPSA) is 78.5 Å². The third kappa shape index (κ3) is 5.36. The van der Waals surface area contributed by atoms with Crippen LogP contribution >= 0.6 is 0 Å². The van der Waals surface area contributed by atoms with Crippen molar-refractivity contribution in [1.29, 1.82) is 0 Å². The molecule has 6 nitrogen and oxygen atoms in total.